The lowest BCUT2D eigenvalue weighted by Crippen LogP contribution is -2.25. The van der Waals surface area contributed by atoms with E-state index in [4.69, 9.17) is 9.47 Å². The maximum absolute atomic E-state index is 13.1. The highest BCUT2D eigenvalue weighted by Crippen LogP contribution is 2.15. The van der Waals surface area contributed by atoms with Crippen molar-refractivity contribution in [2.45, 2.75) is 32.1 Å². The Balaban J connectivity index is 1.43. The van der Waals surface area contributed by atoms with Crippen LogP contribution in [0.15, 0.2) is 48.5 Å². The van der Waals surface area contributed by atoms with Crippen molar-refractivity contribution in [2.24, 2.45) is 0 Å². The van der Waals surface area contributed by atoms with E-state index in [1.165, 1.54) is 24.1 Å². The van der Waals surface area contributed by atoms with Gasteiger partial charge in [-0.15, -0.1) is 0 Å². The van der Waals surface area contributed by atoms with Gasteiger partial charge in [0.1, 0.15) is 18.2 Å². The molecule has 23 heavy (non-hydrogen) atoms. The van der Waals surface area contributed by atoms with Gasteiger partial charge in [-0.2, -0.15) is 0 Å². The van der Waals surface area contributed by atoms with Crippen molar-refractivity contribution >= 4 is 0 Å². The molecule has 3 rings (SSSR count). The SMILES string of the molecule is Fc1cccc(COc2ccc(CNCC3CCCO3)cc2)c1. The molecule has 1 N–H and O–H groups in total. The molecule has 1 unspecified atom stereocenters. The smallest absolute Gasteiger partial charge is 0.123 e. The Morgan fingerprint density at radius 1 is 1.13 bits per heavy atom. The number of hydrogen-bond acceptors (Lipinski definition) is 3. The van der Waals surface area contributed by atoms with Crippen molar-refractivity contribution < 1.29 is 13.9 Å². The minimum Gasteiger partial charge on any atom is -0.489 e. The molecule has 0 saturated carbocycles. The molecule has 0 amide bonds. The van der Waals surface area contributed by atoms with Gasteiger partial charge in [-0.1, -0.05) is 24.3 Å². The molecule has 4 heteroatoms. The van der Waals surface area contributed by atoms with Crippen molar-refractivity contribution in [2.75, 3.05) is 13.2 Å². The van der Waals surface area contributed by atoms with Crippen molar-refractivity contribution in [3.8, 4) is 5.75 Å². The van der Waals surface area contributed by atoms with Crippen LogP contribution in [-0.2, 0) is 17.9 Å². The fourth-order valence-electron chi connectivity index (χ4n) is 2.68. The zero-order valence-electron chi connectivity index (χ0n) is 13.1. The topological polar surface area (TPSA) is 30.5 Å². The summed E-state index contributed by atoms with van der Waals surface area (Å²) in [7, 11) is 0. The van der Waals surface area contributed by atoms with Gasteiger partial charge in [-0.3, -0.25) is 0 Å². The molecule has 0 aliphatic carbocycles. The normalized spacial score (nSPS) is 17.3. The molecule has 2 aromatic carbocycles. The van der Waals surface area contributed by atoms with Crippen LogP contribution in [-0.4, -0.2) is 19.3 Å². The maximum Gasteiger partial charge on any atom is 0.123 e. The molecule has 1 aliphatic rings. The number of ether oxygens (including phenoxy) is 2. The molecule has 1 fully saturated rings. The van der Waals surface area contributed by atoms with Crippen LogP contribution in [0.4, 0.5) is 4.39 Å². The number of rotatable bonds is 7. The molecule has 1 aliphatic heterocycles. The van der Waals surface area contributed by atoms with Crippen LogP contribution >= 0.6 is 0 Å². The predicted molar refractivity (Wildman–Crippen MR) is 87.9 cm³/mol. The molecule has 0 spiro atoms. The summed E-state index contributed by atoms with van der Waals surface area (Å²) in [5.41, 5.74) is 2.04. The number of benzene rings is 2. The van der Waals surface area contributed by atoms with Crippen molar-refractivity contribution in [3.05, 3.63) is 65.5 Å². The Morgan fingerprint density at radius 3 is 2.74 bits per heavy atom. The van der Waals surface area contributed by atoms with Crippen molar-refractivity contribution in [1.29, 1.82) is 0 Å². The minimum atomic E-state index is -0.237. The fraction of sp³-hybridized carbons (Fsp3) is 0.368. The van der Waals surface area contributed by atoms with Crippen LogP contribution in [0.2, 0.25) is 0 Å². The van der Waals surface area contributed by atoms with Crippen molar-refractivity contribution in [3.63, 3.8) is 0 Å². The summed E-state index contributed by atoms with van der Waals surface area (Å²) in [6.45, 7) is 2.99. The summed E-state index contributed by atoms with van der Waals surface area (Å²) < 4.78 is 24.4. The van der Waals surface area contributed by atoms with E-state index in [9.17, 15) is 4.39 Å². The van der Waals surface area contributed by atoms with Gasteiger partial charge in [0.25, 0.3) is 0 Å². The quantitative estimate of drug-likeness (QED) is 0.845. The minimum absolute atomic E-state index is 0.237. The Labute approximate surface area is 136 Å². The fourth-order valence-corrected chi connectivity index (χ4v) is 2.68. The highest BCUT2D eigenvalue weighted by Gasteiger charge is 2.14. The summed E-state index contributed by atoms with van der Waals surface area (Å²) in [5, 5.41) is 3.42. The third kappa shape index (κ3) is 5.05. The largest absolute Gasteiger partial charge is 0.489 e. The summed E-state index contributed by atoms with van der Waals surface area (Å²) in [5.74, 6) is 0.552. The lowest BCUT2D eigenvalue weighted by atomic mass is 10.2. The molecule has 1 atom stereocenters. The molecular weight excluding hydrogens is 293 g/mol. The molecule has 1 heterocycles. The first-order valence-electron chi connectivity index (χ1n) is 8.08. The second-order valence-electron chi connectivity index (χ2n) is 5.83. The molecule has 122 valence electrons. The van der Waals surface area contributed by atoms with E-state index in [0.717, 1.165) is 37.4 Å². The van der Waals surface area contributed by atoms with Gasteiger partial charge in [-0.05, 0) is 48.2 Å². The molecule has 0 radical (unpaired) electrons. The van der Waals surface area contributed by atoms with Gasteiger partial charge < -0.3 is 14.8 Å². The van der Waals surface area contributed by atoms with E-state index in [1.54, 1.807) is 6.07 Å². The summed E-state index contributed by atoms with van der Waals surface area (Å²) in [6.07, 6.45) is 2.69. The standard InChI is InChI=1S/C19H22FNO2/c20-17-4-1-3-16(11-17)14-23-18-8-6-15(7-9-18)12-21-13-19-5-2-10-22-19/h1,3-4,6-9,11,19,21H,2,5,10,12-14H2. The third-order valence-electron chi connectivity index (χ3n) is 3.94. The number of halogens is 1. The van der Waals surface area contributed by atoms with E-state index in [1.807, 2.05) is 30.3 Å². The first-order chi connectivity index (χ1) is 11.3. The second-order valence-corrected chi connectivity index (χ2v) is 5.83. The van der Waals surface area contributed by atoms with Crippen LogP contribution in [0.5, 0.6) is 5.75 Å². The molecule has 2 aromatic rings. The van der Waals surface area contributed by atoms with Crippen LogP contribution < -0.4 is 10.1 Å². The molecule has 1 saturated heterocycles. The van der Waals surface area contributed by atoms with Crippen LogP contribution in [0, 0.1) is 5.82 Å². The van der Waals surface area contributed by atoms with E-state index in [0.29, 0.717) is 12.7 Å². The summed E-state index contributed by atoms with van der Waals surface area (Å²) in [6, 6.07) is 14.5. The molecule has 0 bridgehead atoms. The maximum atomic E-state index is 13.1. The summed E-state index contributed by atoms with van der Waals surface area (Å²) >= 11 is 0. The third-order valence-corrected chi connectivity index (χ3v) is 3.94. The van der Waals surface area contributed by atoms with E-state index in [2.05, 4.69) is 5.32 Å². The lowest BCUT2D eigenvalue weighted by molar-refractivity contribution is 0.110. The monoisotopic (exact) mass is 315 g/mol. The Bertz CT molecular complexity index is 609. The van der Waals surface area contributed by atoms with Gasteiger partial charge in [-0.25, -0.2) is 4.39 Å². The Morgan fingerprint density at radius 2 is 2.00 bits per heavy atom. The van der Waals surface area contributed by atoms with E-state index >= 15 is 0 Å². The van der Waals surface area contributed by atoms with Crippen LogP contribution in [0.25, 0.3) is 0 Å². The van der Waals surface area contributed by atoms with Gasteiger partial charge in [0, 0.05) is 19.7 Å². The van der Waals surface area contributed by atoms with Gasteiger partial charge in [0.15, 0.2) is 0 Å². The number of nitrogens with one attached hydrogen (secondary N) is 1. The first kappa shape index (κ1) is 16.0. The van der Waals surface area contributed by atoms with Gasteiger partial charge >= 0.3 is 0 Å². The average molecular weight is 315 g/mol. The second kappa shape index (κ2) is 8.09. The Kier molecular flexibility index (Phi) is 5.61. The Hall–Kier alpha value is -1.91. The zero-order chi connectivity index (χ0) is 15.9. The lowest BCUT2D eigenvalue weighted by Gasteiger charge is -2.11. The van der Waals surface area contributed by atoms with E-state index < -0.39 is 0 Å². The molecule has 0 aromatic heterocycles. The van der Waals surface area contributed by atoms with Crippen LogP contribution in [0.1, 0.15) is 24.0 Å². The molecular formula is C19H22FNO2. The van der Waals surface area contributed by atoms with Crippen LogP contribution in [0.3, 0.4) is 0 Å². The van der Waals surface area contributed by atoms with Gasteiger partial charge in [0.2, 0.25) is 0 Å². The molecule has 3 nitrogen and oxygen atoms in total. The van der Waals surface area contributed by atoms with E-state index in [-0.39, 0.29) is 5.82 Å². The predicted octanol–water partition coefficient (Wildman–Crippen LogP) is 3.67. The highest BCUT2D eigenvalue weighted by atomic mass is 19.1. The number of hydrogen-bond donors (Lipinski definition) is 1. The first-order valence-corrected chi connectivity index (χ1v) is 8.08. The van der Waals surface area contributed by atoms with Gasteiger partial charge in [0.05, 0.1) is 6.10 Å². The van der Waals surface area contributed by atoms with Crippen molar-refractivity contribution in [1.82, 2.24) is 5.32 Å². The average Bonchev–Trinajstić information content (AvgIpc) is 3.08. The summed E-state index contributed by atoms with van der Waals surface area (Å²) in [4.78, 5) is 0. The zero-order valence-corrected chi connectivity index (χ0v) is 13.1. The highest BCUT2D eigenvalue weighted by molar-refractivity contribution is 5.27.